The zero-order valence-electron chi connectivity index (χ0n) is 12.7. The van der Waals surface area contributed by atoms with E-state index in [-0.39, 0.29) is 5.54 Å². The molecule has 1 aromatic carbocycles. The predicted molar refractivity (Wildman–Crippen MR) is 84.7 cm³/mol. The largest absolute Gasteiger partial charge is 0.308 e. The molecule has 1 heterocycles. The summed E-state index contributed by atoms with van der Waals surface area (Å²) in [6.07, 6.45) is 4.85. The molecule has 108 valence electrons. The molecular weight excluding hydrogens is 244 g/mol. The number of hydrogen-bond donors (Lipinski definition) is 1. The van der Waals surface area contributed by atoms with Gasteiger partial charge >= 0.3 is 0 Å². The van der Waals surface area contributed by atoms with Gasteiger partial charge < -0.3 is 5.32 Å². The van der Waals surface area contributed by atoms with Gasteiger partial charge in [0.05, 0.1) is 0 Å². The van der Waals surface area contributed by atoms with E-state index in [1.54, 1.807) is 0 Å². The maximum Gasteiger partial charge on any atom is 0.0479 e. The molecule has 2 aliphatic rings. The van der Waals surface area contributed by atoms with Crippen LogP contribution in [0.4, 0.5) is 0 Å². The molecule has 1 aliphatic carbocycles. The van der Waals surface area contributed by atoms with Crippen molar-refractivity contribution in [3.05, 3.63) is 48.6 Å². The van der Waals surface area contributed by atoms with Gasteiger partial charge in [0.15, 0.2) is 0 Å². The highest BCUT2D eigenvalue weighted by atomic mass is 15.3. The Bertz CT molecular complexity index is 466. The molecule has 20 heavy (non-hydrogen) atoms. The Balaban J connectivity index is 1.85. The zero-order chi connectivity index (χ0) is 14.2. The van der Waals surface area contributed by atoms with Crippen LogP contribution in [0, 0.1) is 5.92 Å². The van der Waals surface area contributed by atoms with Gasteiger partial charge in [-0.15, -0.1) is 6.58 Å². The van der Waals surface area contributed by atoms with Gasteiger partial charge in [0.1, 0.15) is 0 Å². The van der Waals surface area contributed by atoms with E-state index in [0.717, 1.165) is 19.0 Å². The van der Waals surface area contributed by atoms with Gasteiger partial charge in [-0.25, -0.2) is 0 Å². The average Bonchev–Trinajstić information content (AvgIpc) is 3.32. The summed E-state index contributed by atoms with van der Waals surface area (Å²) >= 11 is 0. The number of benzene rings is 1. The Morgan fingerprint density at radius 3 is 2.65 bits per heavy atom. The Kier molecular flexibility index (Phi) is 3.70. The van der Waals surface area contributed by atoms with E-state index in [0.29, 0.717) is 12.1 Å². The second-order valence-corrected chi connectivity index (χ2v) is 6.65. The zero-order valence-corrected chi connectivity index (χ0v) is 12.7. The third-order valence-corrected chi connectivity index (χ3v) is 5.14. The Hall–Kier alpha value is -1.12. The van der Waals surface area contributed by atoms with Gasteiger partial charge in [0.25, 0.3) is 0 Å². The fourth-order valence-corrected chi connectivity index (χ4v) is 3.53. The van der Waals surface area contributed by atoms with Crippen LogP contribution in [0.3, 0.4) is 0 Å². The first-order valence-electron chi connectivity index (χ1n) is 7.82. The van der Waals surface area contributed by atoms with Crippen LogP contribution < -0.4 is 5.32 Å². The molecule has 0 spiro atoms. The Morgan fingerprint density at radius 1 is 1.35 bits per heavy atom. The molecule has 3 atom stereocenters. The lowest BCUT2D eigenvalue weighted by atomic mass is 9.88. The summed E-state index contributed by atoms with van der Waals surface area (Å²) in [4.78, 5) is 2.62. The van der Waals surface area contributed by atoms with Crippen LogP contribution in [-0.2, 0) is 0 Å². The summed E-state index contributed by atoms with van der Waals surface area (Å²) in [7, 11) is 0. The lowest BCUT2D eigenvalue weighted by molar-refractivity contribution is 0.0581. The number of piperazine rings is 1. The van der Waals surface area contributed by atoms with Crippen molar-refractivity contribution in [3.63, 3.8) is 0 Å². The van der Waals surface area contributed by atoms with Gasteiger partial charge in [-0.2, -0.15) is 0 Å². The molecule has 3 unspecified atom stereocenters. The average molecular weight is 270 g/mol. The van der Waals surface area contributed by atoms with Crippen LogP contribution in [0.5, 0.6) is 0 Å². The first-order valence-corrected chi connectivity index (χ1v) is 7.82. The third kappa shape index (κ3) is 2.55. The van der Waals surface area contributed by atoms with Gasteiger partial charge in [-0.1, -0.05) is 36.4 Å². The highest BCUT2D eigenvalue weighted by molar-refractivity contribution is 5.22. The van der Waals surface area contributed by atoms with Crippen molar-refractivity contribution in [1.82, 2.24) is 10.2 Å². The van der Waals surface area contributed by atoms with Crippen molar-refractivity contribution in [1.29, 1.82) is 0 Å². The molecule has 0 radical (unpaired) electrons. The highest BCUT2D eigenvalue weighted by Crippen LogP contribution is 2.43. The lowest BCUT2D eigenvalue weighted by Gasteiger charge is -2.48. The monoisotopic (exact) mass is 270 g/mol. The van der Waals surface area contributed by atoms with Crippen molar-refractivity contribution in [2.75, 3.05) is 13.1 Å². The van der Waals surface area contributed by atoms with E-state index in [1.165, 1.54) is 18.4 Å². The van der Waals surface area contributed by atoms with Crippen LogP contribution in [-0.4, -0.2) is 29.6 Å². The van der Waals surface area contributed by atoms with Crippen molar-refractivity contribution < 1.29 is 0 Å². The minimum absolute atomic E-state index is 0.280. The summed E-state index contributed by atoms with van der Waals surface area (Å²) < 4.78 is 0. The summed E-state index contributed by atoms with van der Waals surface area (Å²) in [5.74, 6) is 0.860. The van der Waals surface area contributed by atoms with Crippen molar-refractivity contribution in [3.8, 4) is 0 Å². The minimum Gasteiger partial charge on any atom is -0.308 e. The third-order valence-electron chi connectivity index (χ3n) is 5.14. The molecule has 1 saturated carbocycles. The van der Waals surface area contributed by atoms with Gasteiger partial charge in [0, 0.05) is 30.7 Å². The lowest BCUT2D eigenvalue weighted by Crippen LogP contribution is -2.62. The molecule has 2 fully saturated rings. The smallest absolute Gasteiger partial charge is 0.0479 e. The molecule has 1 aliphatic heterocycles. The highest BCUT2D eigenvalue weighted by Gasteiger charge is 2.46. The van der Waals surface area contributed by atoms with Crippen LogP contribution in [0.2, 0.25) is 0 Å². The number of hydrogen-bond acceptors (Lipinski definition) is 2. The van der Waals surface area contributed by atoms with E-state index in [2.05, 4.69) is 67.1 Å². The fraction of sp³-hybridized carbons (Fsp3) is 0.556. The maximum absolute atomic E-state index is 4.01. The molecule has 0 bridgehead atoms. The molecule has 0 aromatic heterocycles. The first kappa shape index (κ1) is 13.8. The van der Waals surface area contributed by atoms with E-state index < -0.39 is 0 Å². The standard InChI is InChI=1S/C18H26N2/c1-4-14(2)20-13-18(3,16-10-11-16)19-12-17(20)15-8-6-5-7-9-15/h4-9,14,16-17,19H,1,10-13H2,2-3H3. The Morgan fingerprint density at radius 2 is 2.05 bits per heavy atom. The number of nitrogens with one attached hydrogen (secondary N) is 1. The SMILES string of the molecule is C=CC(C)N1CC(C)(C2CC2)NCC1c1ccccc1. The first-order chi connectivity index (χ1) is 9.64. The predicted octanol–water partition coefficient (Wildman–Crippen LogP) is 3.38. The molecule has 2 nitrogen and oxygen atoms in total. The van der Waals surface area contributed by atoms with Crippen molar-refractivity contribution in [2.24, 2.45) is 5.92 Å². The number of rotatable bonds is 4. The molecule has 1 N–H and O–H groups in total. The molecule has 2 heteroatoms. The van der Waals surface area contributed by atoms with Gasteiger partial charge in [0.2, 0.25) is 0 Å². The quantitative estimate of drug-likeness (QED) is 0.844. The Labute approximate surface area is 122 Å². The van der Waals surface area contributed by atoms with Gasteiger partial charge in [-0.05, 0) is 38.2 Å². The van der Waals surface area contributed by atoms with E-state index in [4.69, 9.17) is 0 Å². The van der Waals surface area contributed by atoms with E-state index in [9.17, 15) is 0 Å². The molecule has 0 amide bonds. The van der Waals surface area contributed by atoms with Crippen molar-refractivity contribution >= 4 is 0 Å². The minimum atomic E-state index is 0.280. The summed E-state index contributed by atoms with van der Waals surface area (Å²) in [6, 6.07) is 11.7. The van der Waals surface area contributed by atoms with Crippen LogP contribution in [0.25, 0.3) is 0 Å². The molecule has 1 aromatic rings. The number of nitrogens with zero attached hydrogens (tertiary/aromatic N) is 1. The topological polar surface area (TPSA) is 15.3 Å². The second kappa shape index (κ2) is 5.34. The van der Waals surface area contributed by atoms with Crippen LogP contribution in [0.1, 0.15) is 38.3 Å². The normalized spacial score (nSPS) is 32.8. The maximum atomic E-state index is 4.01. The van der Waals surface area contributed by atoms with E-state index in [1.807, 2.05) is 0 Å². The van der Waals surface area contributed by atoms with Crippen molar-refractivity contribution in [2.45, 2.75) is 44.3 Å². The summed E-state index contributed by atoms with van der Waals surface area (Å²) in [5.41, 5.74) is 1.69. The summed E-state index contributed by atoms with van der Waals surface area (Å²) in [5, 5.41) is 3.84. The van der Waals surface area contributed by atoms with Gasteiger partial charge in [-0.3, -0.25) is 4.90 Å². The van der Waals surface area contributed by atoms with E-state index >= 15 is 0 Å². The molecule has 3 rings (SSSR count). The summed E-state index contributed by atoms with van der Waals surface area (Å²) in [6.45, 7) is 10.8. The van der Waals surface area contributed by atoms with Crippen LogP contribution >= 0.6 is 0 Å². The second-order valence-electron chi connectivity index (χ2n) is 6.65. The fourth-order valence-electron chi connectivity index (χ4n) is 3.53. The molecule has 1 saturated heterocycles. The van der Waals surface area contributed by atoms with Crippen LogP contribution in [0.15, 0.2) is 43.0 Å². The molecular formula is C18H26N2.